The molecule has 2 amide bonds. The van der Waals surface area contributed by atoms with E-state index in [1.807, 2.05) is 0 Å². The highest BCUT2D eigenvalue weighted by Crippen LogP contribution is 2.55. The molecule has 2 saturated heterocycles. The number of benzene rings is 1. The average Bonchev–Trinajstić information content (AvgIpc) is 3.38. The second-order valence-corrected chi connectivity index (χ2v) is 8.48. The molecule has 1 aliphatic carbocycles. The quantitative estimate of drug-likeness (QED) is 0.655. The predicted octanol–water partition coefficient (Wildman–Crippen LogP) is 3.82. The number of aryl methyl sites for hydroxylation is 1. The number of aromatic nitrogens is 5. The molecule has 0 radical (unpaired) electrons. The van der Waals surface area contributed by atoms with Crippen molar-refractivity contribution >= 4 is 11.7 Å². The van der Waals surface area contributed by atoms with Gasteiger partial charge in [-0.05, 0) is 37.0 Å². The average molecular weight is 447 g/mol. The van der Waals surface area contributed by atoms with Crippen LogP contribution in [0.3, 0.4) is 0 Å². The lowest BCUT2D eigenvalue weighted by Gasteiger charge is -2.61. The van der Waals surface area contributed by atoms with Gasteiger partial charge in [-0.25, -0.2) is 9.78 Å². The maximum Gasteiger partial charge on any atom is 0.417 e. The van der Waals surface area contributed by atoms with Gasteiger partial charge >= 0.3 is 12.2 Å². The van der Waals surface area contributed by atoms with E-state index in [4.69, 9.17) is 4.42 Å². The van der Waals surface area contributed by atoms with Gasteiger partial charge in [0.1, 0.15) is 11.9 Å². The van der Waals surface area contributed by atoms with Crippen LogP contribution in [0.15, 0.2) is 35.3 Å². The third-order valence-electron chi connectivity index (χ3n) is 6.15. The Morgan fingerprint density at radius 2 is 2.12 bits per heavy atom. The molecule has 0 spiro atoms. The van der Waals surface area contributed by atoms with Gasteiger partial charge in [0.05, 0.1) is 5.56 Å². The number of hydrogen-bond acceptors (Lipinski definition) is 6. The van der Waals surface area contributed by atoms with E-state index in [9.17, 15) is 18.0 Å². The predicted molar refractivity (Wildman–Crippen MR) is 105 cm³/mol. The Kier molecular flexibility index (Phi) is 4.50. The van der Waals surface area contributed by atoms with E-state index >= 15 is 0 Å². The van der Waals surface area contributed by atoms with Crippen LogP contribution in [0.5, 0.6) is 0 Å². The highest BCUT2D eigenvalue weighted by molar-refractivity contribution is 5.92. The Hall–Kier alpha value is -3.44. The molecule has 12 heteroatoms. The minimum Gasteiger partial charge on any atom is -0.425 e. The summed E-state index contributed by atoms with van der Waals surface area (Å²) in [5.41, 5.74) is -1.57. The summed E-state index contributed by atoms with van der Waals surface area (Å²) >= 11 is 0. The molecule has 9 nitrogen and oxygen atoms in total. The number of alkyl halides is 3. The maximum atomic E-state index is 13.5. The normalized spacial score (nSPS) is 24.8. The van der Waals surface area contributed by atoms with Gasteiger partial charge in [0, 0.05) is 30.8 Å². The number of amides is 2. The molecule has 2 aliphatic heterocycles. The van der Waals surface area contributed by atoms with Gasteiger partial charge in [0.25, 0.3) is 0 Å². The van der Waals surface area contributed by atoms with Crippen LogP contribution in [-0.4, -0.2) is 41.9 Å². The monoisotopic (exact) mass is 447 g/mol. The van der Waals surface area contributed by atoms with Crippen molar-refractivity contribution in [2.24, 2.45) is 13.0 Å². The fourth-order valence-electron chi connectivity index (χ4n) is 5.03. The summed E-state index contributed by atoms with van der Waals surface area (Å²) in [6, 6.07) is 2.97. The smallest absolute Gasteiger partial charge is 0.417 e. The molecule has 3 aromatic rings. The SMILES string of the molecule is C[C@H]1C[C@@H]2C[C@](c3nnco3)(C1)N2C(=O)Nc1ccc(C(F)(F)F)c(-c2ncn(C)n2)c1. The zero-order valence-corrected chi connectivity index (χ0v) is 17.3. The van der Waals surface area contributed by atoms with Crippen LogP contribution in [0.4, 0.5) is 23.7 Å². The molecule has 6 rings (SSSR count). The van der Waals surface area contributed by atoms with Crippen molar-refractivity contribution in [3.8, 4) is 11.4 Å². The maximum absolute atomic E-state index is 13.5. The van der Waals surface area contributed by atoms with E-state index < -0.39 is 23.3 Å². The summed E-state index contributed by atoms with van der Waals surface area (Å²) in [5.74, 6) is 0.673. The number of nitrogens with zero attached hydrogens (tertiary/aromatic N) is 6. The van der Waals surface area contributed by atoms with Crippen molar-refractivity contribution in [3.63, 3.8) is 0 Å². The topological polar surface area (TPSA) is 102 Å². The summed E-state index contributed by atoms with van der Waals surface area (Å²) in [7, 11) is 1.57. The van der Waals surface area contributed by atoms with Crippen molar-refractivity contribution < 1.29 is 22.4 Å². The number of fused-ring (bicyclic) bond motifs is 2. The number of nitrogens with one attached hydrogen (secondary N) is 1. The van der Waals surface area contributed by atoms with E-state index in [2.05, 4.69) is 32.5 Å². The largest absolute Gasteiger partial charge is 0.425 e. The molecule has 2 aromatic heterocycles. The van der Waals surface area contributed by atoms with Crippen LogP contribution in [0, 0.1) is 5.92 Å². The van der Waals surface area contributed by atoms with E-state index in [0.717, 1.165) is 12.5 Å². The molecule has 3 aliphatic rings. The molecule has 4 heterocycles. The minimum absolute atomic E-state index is 0.00275. The molecule has 1 saturated carbocycles. The molecule has 3 atom stereocenters. The highest BCUT2D eigenvalue weighted by atomic mass is 19.4. The van der Waals surface area contributed by atoms with Crippen molar-refractivity contribution in [1.29, 1.82) is 0 Å². The lowest BCUT2D eigenvalue weighted by atomic mass is 9.64. The number of rotatable bonds is 3. The van der Waals surface area contributed by atoms with Gasteiger partial charge in [0.2, 0.25) is 12.3 Å². The van der Waals surface area contributed by atoms with Gasteiger partial charge in [0.15, 0.2) is 5.82 Å². The number of urea groups is 1. The van der Waals surface area contributed by atoms with Crippen LogP contribution in [0.25, 0.3) is 11.4 Å². The van der Waals surface area contributed by atoms with Crippen LogP contribution in [0.1, 0.15) is 37.6 Å². The molecule has 168 valence electrons. The van der Waals surface area contributed by atoms with Crippen LogP contribution < -0.4 is 5.32 Å². The second-order valence-electron chi connectivity index (χ2n) is 8.48. The molecule has 1 aromatic carbocycles. The first-order valence-electron chi connectivity index (χ1n) is 10.1. The lowest BCUT2D eigenvalue weighted by Crippen LogP contribution is -2.70. The standard InChI is InChI=1S/C20H20F3N7O2/c1-11-5-13-8-19(7-11,17-27-25-10-32-17)30(13)18(31)26-12-3-4-15(20(21,22)23)14(6-12)16-24-9-29(2)28-16/h3-4,6,9-11,13H,5,7-8H2,1-2H3,(H,26,31)/t11-,13+,19-/m0/s1. The summed E-state index contributed by atoms with van der Waals surface area (Å²) < 4.78 is 47.4. The van der Waals surface area contributed by atoms with Gasteiger partial charge in [-0.15, -0.1) is 10.2 Å². The van der Waals surface area contributed by atoms with E-state index in [1.165, 1.54) is 29.5 Å². The van der Waals surface area contributed by atoms with Crippen LogP contribution in [-0.2, 0) is 18.8 Å². The Balaban J connectivity index is 1.46. The van der Waals surface area contributed by atoms with Gasteiger partial charge in [-0.3, -0.25) is 4.68 Å². The molecule has 0 unspecified atom stereocenters. The van der Waals surface area contributed by atoms with Crippen LogP contribution in [0.2, 0.25) is 0 Å². The number of hydrogen-bond donors (Lipinski definition) is 1. The Morgan fingerprint density at radius 3 is 2.78 bits per heavy atom. The molecule has 2 bridgehead atoms. The Morgan fingerprint density at radius 1 is 1.31 bits per heavy atom. The molecular formula is C20H20F3N7O2. The Bertz CT molecular complexity index is 1160. The zero-order chi connectivity index (χ0) is 22.7. The van der Waals surface area contributed by atoms with Crippen molar-refractivity contribution in [1.82, 2.24) is 29.9 Å². The second kappa shape index (κ2) is 7.04. The van der Waals surface area contributed by atoms with Gasteiger partial charge in [-0.2, -0.15) is 18.3 Å². The minimum atomic E-state index is -4.59. The fourth-order valence-corrected chi connectivity index (χ4v) is 5.03. The summed E-state index contributed by atoms with van der Waals surface area (Å²) in [6.45, 7) is 2.11. The number of carbonyl (C=O) groups excluding carboxylic acids is 1. The molecule has 32 heavy (non-hydrogen) atoms. The molecule has 1 N–H and O–H groups in total. The number of piperidine rings is 1. The summed E-state index contributed by atoms with van der Waals surface area (Å²) in [5, 5.41) is 14.5. The fraction of sp³-hybridized carbons (Fsp3) is 0.450. The summed E-state index contributed by atoms with van der Waals surface area (Å²) in [6.07, 6.45) is 0.174. The summed E-state index contributed by atoms with van der Waals surface area (Å²) in [4.78, 5) is 18.8. The third-order valence-corrected chi connectivity index (χ3v) is 6.15. The lowest BCUT2D eigenvalue weighted by molar-refractivity contribution is -0.137. The van der Waals surface area contributed by atoms with Crippen molar-refractivity contribution in [3.05, 3.63) is 42.4 Å². The number of anilines is 1. The van der Waals surface area contributed by atoms with E-state index in [0.29, 0.717) is 24.7 Å². The van der Waals surface area contributed by atoms with Crippen LogP contribution >= 0.6 is 0 Å². The van der Waals surface area contributed by atoms with Crippen molar-refractivity contribution in [2.75, 3.05) is 5.32 Å². The first-order chi connectivity index (χ1) is 15.2. The molecule has 3 fully saturated rings. The van der Waals surface area contributed by atoms with Gasteiger partial charge < -0.3 is 14.6 Å². The first kappa shape index (κ1) is 20.5. The highest BCUT2D eigenvalue weighted by Gasteiger charge is 2.62. The number of halogens is 3. The zero-order valence-electron chi connectivity index (χ0n) is 17.3. The molecular weight excluding hydrogens is 427 g/mol. The van der Waals surface area contributed by atoms with E-state index in [-0.39, 0.29) is 23.1 Å². The van der Waals surface area contributed by atoms with Gasteiger partial charge in [-0.1, -0.05) is 6.92 Å². The first-order valence-corrected chi connectivity index (χ1v) is 10.1. The van der Waals surface area contributed by atoms with E-state index in [1.54, 1.807) is 11.9 Å². The third kappa shape index (κ3) is 3.21. The van der Waals surface area contributed by atoms with Crippen molar-refractivity contribution in [2.45, 2.75) is 43.9 Å². The number of carbonyl (C=O) groups is 1. The Labute approximate surface area is 180 Å².